The van der Waals surface area contributed by atoms with Crippen LogP contribution in [0.15, 0.2) is 18.2 Å². The van der Waals surface area contributed by atoms with E-state index in [4.69, 9.17) is 5.73 Å². The molecule has 0 unspecified atom stereocenters. The molecule has 0 spiro atoms. The van der Waals surface area contributed by atoms with E-state index < -0.39 is 5.60 Å². The van der Waals surface area contributed by atoms with E-state index in [1.807, 2.05) is 12.1 Å². The Bertz CT molecular complexity index is 607. The number of primary amides is 1. The molecule has 3 nitrogen and oxygen atoms in total. The molecule has 4 rings (SSSR count). The van der Waals surface area contributed by atoms with Crippen LogP contribution in [0.1, 0.15) is 66.4 Å². The number of carbonyl (C=O) groups is 1. The van der Waals surface area contributed by atoms with Crippen molar-refractivity contribution in [3.05, 3.63) is 34.9 Å². The maximum absolute atomic E-state index is 11.6. The topological polar surface area (TPSA) is 63.3 Å². The Hall–Kier alpha value is -1.35. The Morgan fingerprint density at radius 1 is 1.19 bits per heavy atom. The highest BCUT2D eigenvalue weighted by molar-refractivity contribution is 5.93. The zero-order chi connectivity index (χ0) is 14.7. The lowest BCUT2D eigenvalue weighted by atomic mass is 9.46. The predicted octanol–water partition coefficient (Wildman–Crippen LogP) is 2.68. The van der Waals surface area contributed by atoms with Crippen molar-refractivity contribution in [1.29, 1.82) is 0 Å². The highest BCUT2D eigenvalue weighted by Gasteiger charge is 2.60. The van der Waals surface area contributed by atoms with Crippen LogP contribution in [-0.2, 0) is 11.8 Å². The van der Waals surface area contributed by atoms with Crippen LogP contribution in [0.2, 0.25) is 0 Å². The SMILES string of the molecule is NC(=O)c1ccc2c(c1)[C@@]13CCCC[C@@]1(O)[C@H](CCC3)C2. The van der Waals surface area contributed by atoms with Crippen LogP contribution in [0.3, 0.4) is 0 Å². The second kappa shape index (κ2) is 4.33. The number of benzene rings is 1. The number of aliphatic hydroxyl groups is 1. The summed E-state index contributed by atoms with van der Waals surface area (Å²) in [6, 6.07) is 5.90. The van der Waals surface area contributed by atoms with Gasteiger partial charge in [-0.2, -0.15) is 0 Å². The third kappa shape index (κ3) is 1.61. The molecule has 3 atom stereocenters. The molecular weight excluding hydrogens is 262 g/mol. The summed E-state index contributed by atoms with van der Waals surface area (Å²) < 4.78 is 0. The lowest BCUT2D eigenvalue weighted by Gasteiger charge is -2.61. The van der Waals surface area contributed by atoms with Gasteiger partial charge in [0.2, 0.25) is 5.91 Å². The predicted molar refractivity (Wildman–Crippen MR) is 81.1 cm³/mol. The van der Waals surface area contributed by atoms with Crippen molar-refractivity contribution < 1.29 is 9.90 Å². The summed E-state index contributed by atoms with van der Waals surface area (Å²) in [4.78, 5) is 11.6. The summed E-state index contributed by atoms with van der Waals surface area (Å²) >= 11 is 0. The van der Waals surface area contributed by atoms with Gasteiger partial charge in [-0.05, 0) is 61.3 Å². The van der Waals surface area contributed by atoms with Gasteiger partial charge in [0.1, 0.15) is 0 Å². The molecule has 0 aromatic heterocycles. The van der Waals surface area contributed by atoms with E-state index >= 15 is 0 Å². The van der Waals surface area contributed by atoms with Gasteiger partial charge in [0, 0.05) is 11.0 Å². The van der Waals surface area contributed by atoms with Crippen LogP contribution in [0.25, 0.3) is 0 Å². The monoisotopic (exact) mass is 285 g/mol. The zero-order valence-electron chi connectivity index (χ0n) is 12.4. The Morgan fingerprint density at radius 2 is 1.95 bits per heavy atom. The zero-order valence-corrected chi connectivity index (χ0v) is 12.4. The summed E-state index contributed by atoms with van der Waals surface area (Å²) in [5.74, 6) is 0.0185. The van der Waals surface area contributed by atoms with Crippen molar-refractivity contribution in [3.8, 4) is 0 Å². The van der Waals surface area contributed by atoms with Gasteiger partial charge < -0.3 is 10.8 Å². The highest BCUT2D eigenvalue weighted by atomic mass is 16.3. The van der Waals surface area contributed by atoms with Gasteiger partial charge in [-0.25, -0.2) is 0 Å². The van der Waals surface area contributed by atoms with Crippen molar-refractivity contribution in [2.24, 2.45) is 11.7 Å². The number of amides is 1. The summed E-state index contributed by atoms with van der Waals surface area (Å²) in [5, 5.41) is 11.5. The van der Waals surface area contributed by atoms with Crippen LogP contribution in [0, 0.1) is 5.92 Å². The largest absolute Gasteiger partial charge is 0.389 e. The molecule has 3 aliphatic carbocycles. The quantitative estimate of drug-likeness (QED) is 0.833. The summed E-state index contributed by atoms with van der Waals surface area (Å²) in [6.07, 6.45) is 8.59. The van der Waals surface area contributed by atoms with Crippen molar-refractivity contribution in [2.75, 3.05) is 0 Å². The normalized spacial score (nSPS) is 37.5. The first-order chi connectivity index (χ1) is 10.1. The molecule has 1 aromatic rings. The number of rotatable bonds is 1. The van der Waals surface area contributed by atoms with Gasteiger partial charge in [0.25, 0.3) is 0 Å². The van der Waals surface area contributed by atoms with Gasteiger partial charge in [-0.15, -0.1) is 0 Å². The second-order valence-electron chi connectivity index (χ2n) is 7.24. The van der Waals surface area contributed by atoms with Crippen LogP contribution in [-0.4, -0.2) is 16.6 Å². The lowest BCUT2D eigenvalue weighted by molar-refractivity contribution is -0.145. The maximum atomic E-state index is 11.6. The summed E-state index contributed by atoms with van der Waals surface area (Å²) in [7, 11) is 0. The van der Waals surface area contributed by atoms with E-state index in [-0.39, 0.29) is 11.3 Å². The number of hydrogen-bond acceptors (Lipinski definition) is 2. The molecule has 3 N–H and O–H groups in total. The first kappa shape index (κ1) is 13.3. The Balaban J connectivity index is 1.94. The lowest BCUT2D eigenvalue weighted by Crippen LogP contribution is -2.63. The molecule has 2 saturated carbocycles. The van der Waals surface area contributed by atoms with Gasteiger partial charge in [0.05, 0.1) is 5.60 Å². The third-order valence-electron chi connectivity index (χ3n) is 6.45. The molecule has 1 aromatic carbocycles. The summed E-state index contributed by atoms with van der Waals surface area (Å²) in [5.41, 5.74) is 7.91. The fourth-order valence-corrected chi connectivity index (χ4v) is 5.49. The molecule has 0 radical (unpaired) electrons. The average Bonchev–Trinajstić information content (AvgIpc) is 2.46. The van der Waals surface area contributed by atoms with E-state index in [2.05, 4.69) is 6.07 Å². The molecule has 0 heterocycles. The first-order valence-corrected chi connectivity index (χ1v) is 8.22. The second-order valence-corrected chi connectivity index (χ2v) is 7.24. The van der Waals surface area contributed by atoms with E-state index in [1.54, 1.807) is 0 Å². The van der Waals surface area contributed by atoms with Gasteiger partial charge >= 0.3 is 0 Å². The molecule has 3 aliphatic rings. The van der Waals surface area contributed by atoms with Gasteiger partial charge in [-0.3, -0.25) is 4.79 Å². The smallest absolute Gasteiger partial charge is 0.248 e. The van der Waals surface area contributed by atoms with E-state index in [9.17, 15) is 9.90 Å². The van der Waals surface area contributed by atoms with Gasteiger partial charge in [-0.1, -0.05) is 25.3 Å². The van der Waals surface area contributed by atoms with E-state index in [0.717, 1.165) is 38.5 Å². The van der Waals surface area contributed by atoms with Crippen LogP contribution in [0.5, 0.6) is 0 Å². The molecule has 2 bridgehead atoms. The number of fused-ring (bicyclic) bond motifs is 1. The van der Waals surface area contributed by atoms with Crippen LogP contribution in [0.4, 0.5) is 0 Å². The molecule has 21 heavy (non-hydrogen) atoms. The molecule has 112 valence electrons. The molecule has 2 fully saturated rings. The Kier molecular flexibility index (Phi) is 2.74. The number of carbonyl (C=O) groups excluding carboxylic acids is 1. The molecule has 3 heteroatoms. The van der Waals surface area contributed by atoms with E-state index in [0.29, 0.717) is 11.5 Å². The molecular formula is C18H23NO2. The fraction of sp³-hybridized carbons (Fsp3) is 0.611. The van der Waals surface area contributed by atoms with Crippen LogP contribution < -0.4 is 5.73 Å². The van der Waals surface area contributed by atoms with Crippen molar-refractivity contribution in [2.45, 2.75) is 62.4 Å². The minimum atomic E-state index is -0.563. The van der Waals surface area contributed by atoms with Crippen molar-refractivity contribution in [3.63, 3.8) is 0 Å². The average molecular weight is 285 g/mol. The molecule has 0 saturated heterocycles. The number of hydrogen-bond donors (Lipinski definition) is 2. The molecule has 1 amide bonds. The first-order valence-electron chi connectivity index (χ1n) is 8.22. The van der Waals surface area contributed by atoms with E-state index in [1.165, 1.54) is 24.0 Å². The highest BCUT2D eigenvalue weighted by Crippen LogP contribution is 2.60. The van der Waals surface area contributed by atoms with Crippen molar-refractivity contribution in [1.82, 2.24) is 0 Å². The standard InChI is InChI=1S/C18H23NO2/c19-16(20)13-6-5-12-10-14-4-3-8-17(15(12)11-13)7-1-2-9-18(14,17)21/h5-6,11,14,21H,1-4,7-10H2,(H2,19,20)/t14-,17+,18-/m1/s1. The maximum Gasteiger partial charge on any atom is 0.248 e. The third-order valence-corrected chi connectivity index (χ3v) is 6.45. The Morgan fingerprint density at radius 3 is 2.76 bits per heavy atom. The molecule has 0 aliphatic heterocycles. The van der Waals surface area contributed by atoms with Crippen LogP contribution >= 0.6 is 0 Å². The summed E-state index contributed by atoms with van der Waals surface area (Å²) in [6.45, 7) is 0. The number of nitrogens with two attached hydrogens (primary N) is 1. The van der Waals surface area contributed by atoms with Gasteiger partial charge in [0.15, 0.2) is 0 Å². The minimum Gasteiger partial charge on any atom is -0.389 e. The van der Waals surface area contributed by atoms with Crippen molar-refractivity contribution >= 4 is 5.91 Å². The fourth-order valence-electron chi connectivity index (χ4n) is 5.49. The Labute approximate surface area is 125 Å². The minimum absolute atomic E-state index is 0.132.